The molecule has 2 amide bonds. The third-order valence-electron chi connectivity index (χ3n) is 5.18. The molecule has 2 aromatic heterocycles. The van der Waals surface area contributed by atoms with Crippen LogP contribution in [0.15, 0.2) is 61.1 Å². The number of hydrogen-bond donors (Lipinski definition) is 3. The van der Waals surface area contributed by atoms with E-state index in [0.717, 1.165) is 36.0 Å². The Morgan fingerprint density at radius 2 is 1.84 bits per heavy atom. The summed E-state index contributed by atoms with van der Waals surface area (Å²) < 4.78 is 15.9. The number of rotatable bonds is 3. The maximum atomic E-state index is 13.7. The van der Waals surface area contributed by atoms with Crippen molar-refractivity contribution in [3.8, 4) is 5.69 Å². The first-order chi connectivity index (χ1) is 15.2. The summed E-state index contributed by atoms with van der Waals surface area (Å²) in [6, 6.07) is 13.1. The lowest BCUT2D eigenvalue weighted by Gasteiger charge is -2.11. The van der Waals surface area contributed by atoms with Gasteiger partial charge in [-0.3, -0.25) is 0 Å². The van der Waals surface area contributed by atoms with E-state index < -0.39 is 11.8 Å². The predicted molar refractivity (Wildman–Crippen MR) is 120 cm³/mol. The van der Waals surface area contributed by atoms with E-state index in [4.69, 9.17) is 0 Å². The van der Waals surface area contributed by atoms with Gasteiger partial charge in [0.1, 0.15) is 12.1 Å². The van der Waals surface area contributed by atoms with E-state index in [0.29, 0.717) is 5.69 Å². The molecular weight excluding hydrogens is 395 g/mol. The molecule has 7 nitrogen and oxygen atoms in total. The van der Waals surface area contributed by atoms with Gasteiger partial charge in [-0.15, -0.1) is 0 Å². The minimum atomic E-state index is -0.497. The first-order valence-corrected chi connectivity index (χ1v) is 10.0. The van der Waals surface area contributed by atoms with Crippen LogP contribution in [0.25, 0.3) is 16.7 Å². The van der Waals surface area contributed by atoms with E-state index in [1.165, 1.54) is 30.4 Å². The standard InChI is InChI=1S/C22H18FN5O.CH5N/c23-17-5-1-2-6-18(17)27-22(29)26-14-8-10-15(11-9-14)28-19-7-3-4-16(19)21-20(28)12-24-13-25-21;1-2/h1-2,5-6,8-13H,3-4,7H2,(H2,26,27,29);2H2,1H3. The molecule has 2 heterocycles. The smallest absolute Gasteiger partial charge is 0.323 e. The van der Waals surface area contributed by atoms with Crippen LogP contribution in [0.3, 0.4) is 0 Å². The van der Waals surface area contributed by atoms with Crippen LogP contribution >= 0.6 is 0 Å². The van der Waals surface area contributed by atoms with Gasteiger partial charge in [0.2, 0.25) is 0 Å². The van der Waals surface area contributed by atoms with E-state index in [1.807, 2.05) is 30.5 Å². The SMILES string of the molecule is CN.O=C(Nc1ccc(-n2c3c(c4ncncc42)CCC3)cc1)Nc1ccccc1F. The molecule has 0 bridgehead atoms. The Labute approximate surface area is 179 Å². The number of nitrogens with one attached hydrogen (secondary N) is 2. The van der Waals surface area contributed by atoms with E-state index in [-0.39, 0.29) is 5.69 Å². The number of amides is 2. The summed E-state index contributed by atoms with van der Waals surface area (Å²) in [6.07, 6.45) is 6.60. The Balaban J connectivity index is 0.00000112. The topological polar surface area (TPSA) is 97.9 Å². The van der Waals surface area contributed by atoms with E-state index >= 15 is 0 Å². The number of nitrogens with two attached hydrogens (primary N) is 1. The number of hydrogen-bond acceptors (Lipinski definition) is 4. The molecule has 8 heteroatoms. The number of para-hydroxylation sites is 1. The number of fused-ring (bicyclic) bond motifs is 3. The summed E-state index contributed by atoms with van der Waals surface area (Å²) in [5, 5.41) is 5.24. The van der Waals surface area contributed by atoms with Gasteiger partial charge in [-0.25, -0.2) is 19.2 Å². The van der Waals surface area contributed by atoms with E-state index in [2.05, 4.69) is 30.9 Å². The largest absolute Gasteiger partial charge is 0.333 e. The second kappa shape index (κ2) is 8.93. The minimum Gasteiger partial charge on any atom is -0.333 e. The molecule has 0 atom stereocenters. The number of halogens is 1. The Bertz CT molecular complexity index is 1220. The predicted octanol–water partition coefficient (Wildman–Crippen LogP) is 4.27. The summed E-state index contributed by atoms with van der Waals surface area (Å²) in [5.41, 5.74) is 10.8. The van der Waals surface area contributed by atoms with E-state index in [1.54, 1.807) is 18.5 Å². The van der Waals surface area contributed by atoms with Gasteiger partial charge in [0.25, 0.3) is 0 Å². The molecule has 0 unspecified atom stereocenters. The zero-order valence-corrected chi connectivity index (χ0v) is 17.1. The molecule has 0 spiro atoms. The quantitative estimate of drug-likeness (QED) is 0.463. The summed E-state index contributed by atoms with van der Waals surface area (Å²) in [6.45, 7) is 0. The Morgan fingerprint density at radius 3 is 2.61 bits per heavy atom. The number of carbonyl (C=O) groups is 1. The van der Waals surface area contributed by atoms with Gasteiger partial charge >= 0.3 is 6.03 Å². The number of anilines is 2. The highest BCUT2D eigenvalue weighted by Gasteiger charge is 2.23. The highest BCUT2D eigenvalue weighted by Crippen LogP contribution is 2.34. The number of carbonyl (C=O) groups excluding carboxylic acids is 1. The Kier molecular flexibility index (Phi) is 5.90. The third-order valence-corrected chi connectivity index (χ3v) is 5.18. The zero-order chi connectivity index (χ0) is 21.8. The fourth-order valence-corrected chi connectivity index (χ4v) is 3.93. The molecule has 4 N–H and O–H groups in total. The molecule has 0 fully saturated rings. The average molecular weight is 418 g/mol. The van der Waals surface area contributed by atoms with E-state index in [9.17, 15) is 9.18 Å². The highest BCUT2D eigenvalue weighted by atomic mass is 19.1. The fourth-order valence-electron chi connectivity index (χ4n) is 3.93. The lowest BCUT2D eigenvalue weighted by atomic mass is 10.2. The van der Waals surface area contributed by atoms with Crippen LogP contribution in [-0.4, -0.2) is 27.6 Å². The van der Waals surface area contributed by atoms with Crippen molar-refractivity contribution < 1.29 is 9.18 Å². The maximum absolute atomic E-state index is 13.7. The molecule has 0 saturated heterocycles. The van der Waals surface area contributed by atoms with Crippen molar-refractivity contribution >= 4 is 28.4 Å². The molecule has 1 aliphatic carbocycles. The normalized spacial score (nSPS) is 12.1. The number of aryl methyl sites for hydroxylation is 1. The summed E-state index contributed by atoms with van der Waals surface area (Å²) in [5.74, 6) is -0.478. The zero-order valence-electron chi connectivity index (χ0n) is 17.1. The summed E-state index contributed by atoms with van der Waals surface area (Å²) in [7, 11) is 1.50. The van der Waals surface area contributed by atoms with Crippen molar-refractivity contribution in [2.45, 2.75) is 19.3 Å². The van der Waals surface area contributed by atoms with Crippen molar-refractivity contribution in [2.75, 3.05) is 17.7 Å². The molecule has 0 saturated carbocycles. The third kappa shape index (κ3) is 3.97. The number of nitrogens with zero attached hydrogens (tertiary/aromatic N) is 3. The van der Waals surface area contributed by atoms with Crippen LogP contribution in [-0.2, 0) is 12.8 Å². The lowest BCUT2D eigenvalue weighted by Crippen LogP contribution is -2.20. The molecule has 4 aromatic rings. The van der Waals surface area contributed by atoms with Crippen LogP contribution in [0.5, 0.6) is 0 Å². The maximum Gasteiger partial charge on any atom is 0.323 e. The van der Waals surface area contributed by atoms with Crippen LogP contribution in [0.2, 0.25) is 0 Å². The van der Waals surface area contributed by atoms with Gasteiger partial charge in [0, 0.05) is 17.1 Å². The molecule has 0 radical (unpaired) electrons. The fraction of sp³-hybridized carbons (Fsp3) is 0.174. The van der Waals surface area contributed by atoms with Crippen LogP contribution in [0.1, 0.15) is 17.7 Å². The molecule has 1 aliphatic rings. The van der Waals surface area contributed by atoms with Crippen molar-refractivity contribution in [3.05, 3.63) is 78.1 Å². The first kappa shape index (κ1) is 20.5. The summed E-state index contributed by atoms with van der Waals surface area (Å²) >= 11 is 0. The van der Waals surface area contributed by atoms with Crippen molar-refractivity contribution in [1.29, 1.82) is 0 Å². The average Bonchev–Trinajstić information content (AvgIpc) is 3.38. The molecule has 0 aliphatic heterocycles. The van der Waals surface area contributed by atoms with Crippen molar-refractivity contribution in [3.63, 3.8) is 0 Å². The van der Waals surface area contributed by atoms with Gasteiger partial charge in [-0.05, 0) is 68.3 Å². The minimum absolute atomic E-state index is 0.135. The Hall–Kier alpha value is -3.78. The number of aromatic nitrogens is 3. The number of benzene rings is 2. The van der Waals surface area contributed by atoms with Crippen LogP contribution in [0.4, 0.5) is 20.6 Å². The van der Waals surface area contributed by atoms with Crippen molar-refractivity contribution in [2.24, 2.45) is 5.73 Å². The second-order valence-corrected chi connectivity index (χ2v) is 6.98. The molecular formula is C23H23FN6O. The second-order valence-electron chi connectivity index (χ2n) is 6.98. The molecule has 158 valence electrons. The van der Waals surface area contributed by atoms with Gasteiger partial charge < -0.3 is 20.9 Å². The van der Waals surface area contributed by atoms with Gasteiger partial charge in [-0.1, -0.05) is 12.1 Å². The van der Waals surface area contributed by atoms with Gasteiger partial charge in [0.05, 0.1) is 22.9 Å². The van der Waals surface area contributed by atoms with Crippen LogP contribution in [0, 0.1) is 5.82 Å². The lowest BCUT2D eigenvalue weighted by molar-refractivity contribution is 0.262. The molecule has 31 heavy (non-hydrogen) atoms. The van der Waals surface area contributed by atoms with Gasteiger partial charge in [-0.2, -0.15) is 0 Å². The highest BCUT2D eigenvalue weighted by molar-refractivity contribution is 5.99. The van der Waals surface area contributed by atoms with Crippen LogP contribution < -0.4 is 16.4 Å². The molecule has 5 rings (SSSR count). The molecule has 2 aromatic carbocycles. The number of urea groups is 1. The Morgan fingerprint density at radius 1 is 1.06 bits per heavy atom. The monoisotopic (exact) mass is 418 g/mol. The van der Waals surface area contributed by atoms with Crippen molar-refractivity contribution in [1.82, 2.24) is 14.5 Å². The van der Waals surface area contributed by atoms with Gasteiger partial charge in [0.15, 0.2) is 0 Å². The summed E-state index contributed by atoms with van der Waals surface area (Å²) in [4.78, 5) is 20.8. The first-order valence-electron chi connectivity index (χ1n) is 10.0.